The summed E-state index contributed by atoms with van der Waals surface area (Å²) in [6.07, 6.45) is 2.42. The third-order valence-electron chi connectivity index (χ3n) is 4.20. The van der Waals surface area contributed by atoms with Crippen LogP contribution in [0.3, 0.4) is 0 Å². The van der Waals surface area contributed by atoms with E-state index in [-0.39, 0.29) is 5.41 Å². The van der Waals surface area contributed by atoms with Crippen LogP contribution in [0.2, 0.25) is 0 Å². The summed E-state index contributed by atoms with van der Waals surface area (Å²) in [6, 6.07) is 8.78. The fourth-order valence-electron chi connectivity index (χ4n) is 3.01. The molecule has 1 heterocycles. The Hall–Kier alpha value is -1.06. The maximum Gasteiger partial charge on any atom is 0.0551 e. The van der Waals surface area contributed by atoms with E-state index in [0.29, 0.717) is 0 Å². The maximum absolute atomic E-state index is 5.77. The molecule has 0 aromatic heterocycles. The van der Waals surface area contributed by atoms with Crippen LogP contribution in [0.4, 0.5) is 5.69 Å². The van der Waals surface area contributed by atoms with E-state index in [1.165, 1.54) is 24.1 Å². The molecule has 0 bridgehead atoms. The van der Waals surface area contributed by atoms with E-state index in [2.05, 4.69) is 55.4 Å². The highest BCUT2D eigenvalue weighted by atomic mass is 16.5. The minimum absolute atomic E-state index is 0.244. The van der Waals surface area contributed by atoms with Gasteiger partial charge in [-0.3, -0.25) is 0 Å². The molecule has 1 aliphatic rings. The molecule has 1 saturated heterocycles. The number of nitrogens with zero attached hydrogens (tertiary/aromatic N) is 1. The van der Waals surface area contributed by atoms with Crippen molar-refractivity contribution < 1.29 is 4.74 Å². The van der Waals surface area contributed by atoms with Crippen molar-refractivity contribution in [2.24, 2.45) is 5.41 Å². The Morgan fingerprint density at radius 2 is 2.05 bits per heavy atom. The van der Waals surface area contributed by atoms with Gasteiger partial charge in [-0.05, 0) is 38.4 Å². The average Bonchev–Trinajstić information content (AvgIpc) is 2.47. The van der Waals surface area contributed by atoms with Crippen molar-refractivity contribution in [1.29, 1.82) is 0 Å². The molecule has 0 spiro atoms. The largest absolute Gasteiger partial charge is 0.381 e. The van der Waals surface area contributed by atoms with Crippen LogP contribution >= 0.6 is 0 Å². The first-order valence-electron chi connectivity index (χ1n) is 7.71. The van der Waals surface area contributed by atoms with Gasteiger partial charge in [0.15, 0.2) is 0 Å². The molecule has 2 rings (SSSR count). The topological polar surface area (TPSA) is 24.5 Å². The van der Waals surface area contributed by atoms with Crippen molar-refractivity contribution in [1.82, 2.24) is 5.32 Å². The van der Waals surface area contributed by atoms with Crippen LogP contribution in [0.15, 0.2) is 24.3 Å². The van der Waals surface area contributed by atoms with Crippen LogP contribution < -0.4 is 10.2 Å². The summed E-state index contributed by atoms with van der Waals surface area (Å²) in [6.45, 7) is 9.20. The Kier molecular flexibility index (Phi) is 5.44. The summed E-state index contributed by atoms with van der Waals surface area (Å²) in [4.78, 5) is 2.37. The number of rotatable bonds is 6. The van der Waals surface area contributed by atoms with Crippen LogP contribution in [0, 0.1) is 12.3 Å². The quantitative estimate of drug-likeness (QED) is 0.864. The van der Waals surface area contributed by atoms with Crippen molar-refractivity contribution in [3.63, 3.8) is 0 Å². The normalized spacial score (nSPS) is 22.8. The van der Waals surface area contributed by atoms with E-state index in [0.717, 1.165) is 32.8 Å². The van der Waals surface area contributed by atoms with Crippen LogP contribution in [0.1, 0.15) is 25.3 Å². The summed E-state index contributed by atoms with van der Waals surface area (Å²) in [7, 11) is 2.19. The fourth-order valence-corrected chi connectivity index (χ4v) is 3.01. The first kappa shape index (κ1) is 15.3. The molecule has 1 aromatic rings. The van der Waals surface area contributed by atoms with Gasteiger partial charge in [-0.15, -0.1) is 0 Å². The zero-order chi connectivity index (χ0) is 14.4. The van der Waals surface area contributed by atoms with Crippen molar-refractivity contribution in [2.45, 2.75) is 26.7 Å². The van der Waals surface area contributed by atoms with E-state index in [1.807, 2.05) is 0 Å². The second-order valence-corrected chi connectivity index (χ2v) is 6.13. The number of ether oxygens (including phenoxy) is 1. The van der Waals surface area contributed by atoms with E-state index < -0.39 is 0 Å². The Labute approximate surface area is 123 Å². The summed E-state index contributed by atoms with van der Waals surface area (Å²) >= 11 is 0. The van der Waals surface area contributed by atoms with Gasteiger partial charge in [-0.1, -0.05) is 24.6 Å². The number of hydrogen-bond donors (Lipinski definition) is 1. The monoisotopic (exact) mass is 276 g/mol. The summed E-state index contributed by atoms with van der Waals surface area (Å²) in [5.74, 6) is 0. The zero-order valence-electron chi connectivity index (χ0n) is 13.1. The van der Waals surface area contributed by atoms with Crippen molar-refractivity contribution in [3.8, 4) is 0 Å². The number of nitrogens with one attached hydrogen (secondary N) is 1. The molecule has 20 heavy (non-hydrogen) atoms. The number of anilines is 1. The molecular weight excluding hydrogens is 248 g/mol. The van der Waals surface area contributed by atoms with Gasteiger partial charge in [0.05, 0.1) is 6.61 Å². The molecule has 0 saturated carbocycles. The maximum atomic E-state index is 5.77. The molecule has 1 atom stereocenters. The van der Waals surface area contributed by atoms with Gasteiger partial charge in [0.2, 0.25) is 0 Å². The summed E-state index contributed by atoms with van der Waals surface area (Å²) in [5, 5.41) is 3.52. The molecule has 3 nitrogen and oxygen atoms in total. The van der Waals surface area contributed by atoms with Crippen molar-refractivity contribution in [2.75, 3.05) is 44.8 Å². The lowest BCUT2D eigenvalue weighted by molar-refractivity contribution is -0.00248. The van der Waals surface area contributed by atoms with Gasteiger partial charge in [-0.25, -0.2) is 0 Å². The number of aryl methyl sites for hydroxylation is 1. The highest BCUT2D eigenvalue weighted by Crippen LogP contribution is 2.30. The minimum Gasteiger partial charge on any atom is -0.381 e. The second kappa shape index (κ2) is 7.09. The average molecular weight is 276 g/mol. The zero-order valence-corrected chi connectivity index (χ0v) is 13.1. The van der Waals surface area contributed by atoms with Crippen LogP contribution in [0.25, 0.3) is 0 Å². The number of hydrogen-bond acceptors (Lipinski definition) is 3. The first-order chi connectivity index (χ1) is 9.65. The van der Waals surface area contributed by atoms with Gasteiger partial charge in [0.25, 0.3) is 0 Å². The molecule has 1 unspecified atom stereocenters. The standard InChI is InChI=1S/C17H28N2O/c1-4-18-12-17(10-5-11-20-14-17)13-19(3)16-8-6-15(2)7-9-16/h6-9,18H,4-5,10-14H2,1-3H3. The summed E-state index contributed by atoms with van der Waals surface area (Å²) < 4.78 is 5.77. The predicted molar refractivity (Wildman–Crippen MR) is 85.5 cm³/mol. The van der Waals surface area contributed by atoms with Gasteiger partial charge >= 0.3 is 0 Å². The van der Waals surface area contributed by atoms with Gasteiger partial charge in [0.1, 0.15) is 0 Å². The van der Waals surface area contributed by atoms with E-state index in [4.69, 9.17) is 4.74 Å². The molecule has 1 fully saturated rings. The Morgan fingerprint density at radius 1 is 1.30 bits per heavy atom. The smallest absolute Gasteiger partial charge is 0.0551 e. The van der Waals surface area contributed by atoms with Crippen LogP contribution in [-0.4, -0.2) is 39.9 Å². The molecule has 1 aliphatic heterocycles. The Balaban J connectivity index is 2.04. The molecule has 0 amide bonds. The van der Waals surface area contributed by atoms with E-state index in [9.17, 15) is 0 Å². The molecule has 1 N–H and O–H groups in total. The Bertz CT molecular complexity index is 396. The van der Waals surface area contributed by atoms with Gasteiger partial charge < -0.3 is 15.0 Å². The first-order valence-corrected chi connectivity index (χ1v) is 7.71. The molecule has 1 aromatic carbocycles. The predicted octanol–water partition coefficient (Wildman–Crippen LogP) is 2.84. The molecule has 0 radical (unpaired) electrons. The highest BCUT2D eigenvalue weighted by Gasteiger charge is 2.33. The molecular formula is C17H28N2O. The SMILES string of the molecule is CCNCC1(CN(C)c2ccc(C)cc2)CCCOC1. The lowest BCUT2D eigenvalue weighted by atomic mass is 9.81. The van der Waals surface area contributed by atoms with Crippen molar-refractivity contribution in [3.05, 3.63) is 29.8 Å². The third kappa shape index (κ3) is 3.97. The lowest BCUT2D eigenvalue weighted by Gasteiger charge is -2.40. The fraction of sp³-hybridized carbons (Fsp3) is 0.647. The Morgan fingerprint density at radius 3 is 2.65 bits per heavy atom. The second-order valence-electron chi connectivity index (χ2n) is 6.13. The van der Waals surface area contributed by atoms with Crippen LogP contribution in [0.5, 0.6) is 0 Å². The minimum atomic E-state index is 0.244. The molecule has 112 valence electrons. The highest BCUT2D eigenvalue weighted by molar-refractivity contribution is 5.47. The van der Waals surface area contributed by atoms with Gasteiger partial charge in [0, 0.05) is 37.8 Å². The lowest BCUT2D eigenvalue weighted by Crippen LogP contribution is -2.48. The van der Waals surface area contributed by atoms with Crippen LogP contribution in [-0.2, 0) is 4.74 Å². The molecule has 0 aliphatic carbocycles. The summed E-state index contributed by atoms with van der Waals surface area (Å²) in [5.41, 5.74) is 2.84. The third-order valence-corrected chi connectivity index (χ3v) is 4.20. The van der Waals surface area contributed by atoms with Crippen molar-refractivity contribution >= 4 is 5.69 Å². The van der Waals surface area contributed by atoms with E-state index in [1.54, 1.807) is 0 Å². The van der Waals surface area contributed by atoms with Gasteiger partial charge in [-0.2, -0.15) is 0 Å². The van der Waals surface area contributed by atoms with E-state index >= 15 is 0 Å². The molecule has 3 heteroatoms. The number of benzene rings is 1.